The van der Waals surface area contributed by atoms with Gasteiger partial charge in [0.15, 0.2) is 0 Å². The molecule has 0 aliphatic rings. The van der Waals surface area contributed by atoms with Gasteiger partial charge in [-0.2, -0.15) is 0 Å². The number of nitrogens with zero attached hydrogens (tertiary/aromatic N) is 3. The van der Waals surface area contributed by atoms with Gasteiger partial charge in [-0.25, -0.2) is 10.0 Å². The van der Waals surface area contributed by atoms with Crippen molar-refractivity contribution in [2.45, 2.75) is 62.3 Å². The zero-order valence-electron chi connectivity index (χ0n) is 31.3. The Hall–Kier alpha value is -5.28. The minimum absolute atomic E-state index is 1.07. The molecule has 0 aliphatic carbocycles. The summed E-state index contributed by atoms with van der Waals surface area (Å²) in [5, 5.41) is 4.65. The number of anilines is 5. The van der Waals surface area contributed by atoms with Crippen LogP contribution in [0.2, 0.25) is 0 Å². The lowest BCUT2D eigenvalue weighted by Gasteiger charge is -2.42. The summed E-state index contributed by atoms with van der Waals surface area (Å²) in [7, 11) is 2.14. The Balaban J connectivity index is 0.000000563. The lowest BCUT2D eigenvalue weighted by Crippen LogP contribution is -2.40. The molecule has 0 amide bonds. The molecule has 0 aromatic heterocycles. The van der Waals surface area contributed by atoms with E-state index < -0.39 is 0 Å². The van der Waals surface area contributed by atoms with Gasteiger partial charge in [-0.1, -0.05) is 123 Å². The number of rotatable bonds is 9. The maximum atomic E-state index is 3.97. The minimum atomic E-state index is 1.07. The normalized spacial score (nSPS) is 11.0. The fourth-order valence-electron chi connectivity index (χ4n) is 5.73. The van der Waals surface area contributed by atoms with Crippen molar-refractivity contribution in [3.8, 4) is 0 Å². The predicted octanol–water partition coefficient (Wildman–Crippen LogP) is 13.3. The van der Waals surface area contributed by atoms with E-state index in [0.29, 0.717) is 0 Å². The number of aryl methyl sites for hydroxylation is 5. The first-order valence-corrected chi connectivity index (χ1v) is 17.2. The first kappa shape index (κ1) is 38.2. The van der Waals surface area contributed by atoms with Crippen LogP contribution in [0.25, 0.3) is 0 Å². The van der Waals surface area contributed by atoms with E-state index in [0.717, 1.165) is 39.7 Å². The maximum Gasteiger partial charge on any atom is 0.0873 e. The molecule has 0 fully saturated rings. The molecular formula is C46H55N3. The van der Waals surface area contributed by atoms with E-state index in [2.05, 4.69) is 210 Å². The topological polar surface area (TPSA) is 9.72 Å². The van der Waals surface area contributed by atoms with Crippen molar-refractivity contribution in [3.63, 3.8) is 0 Å². The summed E-state index contributed by atoms with van der Waals surface area (Å²) in [6.07, 6.45) is 6.09. The molecule has 3 heteroatoms. The number of hydrazine groups is 1. The Bertz CT molecular complexity index is 1850. The van der Waals surface area contributed by atoms with Crippen LogP contribution in [0.1, 0.15) is 55.5 Å². The highest BCUT2D eigenvalue weighted by Crippen LogP contribution is 2.42. The van der Waals surface area contributed by atoms with Gasteiger partial charge in [-0.15, -0.1) is 0 Å². The van der Waals surface area contributed by atoms with Gasteiger partial charge in [0.05, 0.1) is 28.4 Å². The van der Waals surface area contributed by atoms with Crippen molar-refractivity contribution < 1.29 is 0 Å². The van der Waals surface area contributed by atoms with Crippen LogP contribution in [0.4, 0.5) is 28.4 Å². The van der Waals surface area contributed by atoms with E-state index in [9.17, 15) is 0 Å². The summed E-state index contributed by atoms with van der Waals surface area (Å²) >= 11 is 0. The number of benzene rings is 5. The molecule has 0 saturated heterocycles. The van der Waals surface area contributed by atoms with E-state index in [-0.39, 0.29) is 0 Å². The van der Waals surface area contributed by atoms with E-state index in [1.165, 1.54) is 27.8 Å². The first-order chi connectivity index (χ1) is 23.6. The van der Waals surface area contributed by atoms with Crippen LogP contribution in [0.3, 0.4) is 0 Å². The summed E-state index contributed by atoms with van der Waals surface area (Å²) in [6.45, 7) is 22.8. The lowest BCUT2D eigenvalue weighted by molar-refractivity contribution is 0.924. The van der Waals surface area contributed by atoms with Crippen LogP contribution in [-0.4, -0.2) is 7.05 Å². The molecular weight excluding hydrogens is 595 g/mol. The second-order valence-electron chi connectivity index (χ2n) is 12.1. The third-order valence-corrected chi connectivity index (χ3v) is 8.00. The van der Waals surface area contributed by atoms with E-state index in [1.807, 2.05) is 19.9 Å². The summed E-state index contributed by atoms with van der Waals surface area (Å²) < 4.78 is 0. The number of hydrogen-bond donors (Lipinski definition) is 0. The molecule has 0 spiro atoms. The summed E-state index contributed by atoms with van der Waals surface area (Å²) in [5.74, 6) is 0. The molecule has 0 bridgehead atoms. The smallest absolute Gasteiger partial charge is 0.0873 e. The van der Waals surface area contributed by atoms with Crippen LogP contribution in [0, 0.1) is 34.6 Å². The second kappa shape index (κ2) is 18.9. The Kier molecular flexibility index (Phi) is 14.7. The van der Waals surface area contributed by atoms with Gasteiger partial charge in [0.1, 0.15) is 0 Å². The van der Waals surface area contributed by atoms with Crippen LogP contribution in [0.15, 0.2) is 157 Å². The molecule has 0 N–H and O–H groups in total. The molecule has 5 rings (SSSR count). The molecule has 3 nitrogen and oxygen atoms in total. The summed E-state index contributed by atoms with van der Waals surface area (Å²) in [4.78, 5) is 2.27. The SMILES string of the molecule is C=C/C=C(C)\C(=C/C)N(c1cccc(C)c1)N(c1cccc(C)c1)c1ccccc1N(C)c1cccc(C)c1.CC.Cc1cccc(C)c1. The zero-order chi connectivity index (χ0) is 35.9. The average molecular weight is 650 g/mol. The van der Waals surface area contributed by atoms with Gasteiger partial charge >= 0.3 is 0 Å². The minimum Gasteiger partial charge on any atom is -0.343 e. The summed E-state index contributed by atoms with van der Waals surface area (Å²) in [6, 6.07) is 43.1. The third kappa shape index (κ3) is 10.4. The van der Waals surface area contributed by atoms with Gasteiger partial charge in [-0.3, -0.25) is 0 Å². The quantitative estimate of drug-likeness (QED) is 0.116. The molecule has 5 aromatic rings. The Morgan fingerprint density at radius 3 is 1.45 bits per heavy atom. The molecule has 254 valence electrons. The number of hydrogen-bond acceptors (Lipinski definition) is 3. The third-order valence-electron chi connectivity index (χ3n) is 8.00. The van der Waals surface area contributed by atoms with Gasteiger partial charge < -0.3 is 4.90 Å². The predicted molar refractivity (Wildman–Crippen MR) is 218 cm³/mol. The van der Waals surface area contributed by atoms with Gasteiger partial charge in [-0.05, 0) is 119 Å². The fraction of sp³-hybridized carbons (Fsp3) is 0.217. The summed E-state index contributed by atoms with van der Waals surface area (Å²) in [5.41, 5.74) is 14.0. The maximum absolute atomic E-state index is 3.97. The van der Waals surface area contributed by atoms with Crippen LogP contribution < -0.4 is 14.9 Å². The highest BCUT2D eigenvalue weighted by molar-refractivity contribution is 5.85. The lowest BCUT2D eigenvalue weighted by atomic mass is 10.1. The van der Waals surface area contributed by atoms with Crippen LogP contribution in [-0.2, 0) is 0 Å². The largest absolute Gasteiger partial charge is 0.343 e. The Labute approximate surface area is 297 Å². The standard InChI is InChI=1S/C36H39N3.C8H10.C2H6/c1-8-15-30(6)34(9-2)38(32-20-13-17-28(4)25-32)39(33-21-14-18-29(5)26-33)36-23-11-10-22-35(36)37(7)31-19-12-16-27(3)24-31;1-7-4-3-5-8(2)6-7;1-2/h8-26H,1H2,2-7H3;3-6H,1-2H3;1-2H3/b30-15-,34-9+;;. The van der Waals surface area contributed by atoms with Crippen molar-refractivity contribution in [1.29, 1.82) is 0 Å². The van der Waals surface area contributed by atoms with Gasteiger partial charge in [0.2, 0.25) is 0 Å². The van der Waals surface area contributed by atoms with Crippen molar-refractivity contribution in [1.82, 2.24) is 0 Å². The van der Waals surface area contributed by atoms with Crippen molar-refractivity contribution in [2.75, 3.05) is 22.0 Å². The number of allylic oxidation sites excluding steroid dienone is 4. The monoisotopic (exact) mass is 649 g/mol. The Morgan fingerprint density at radius 1 is 0.551 bits per heavy atom. The highest BCUT2D eigenvalue weighted by Gasteiger charge is 2.27. The van der Waals surface area contributed by atoms with Gasteiger partial charge in [0, 0.05) is 12.7 Å². The van der Waals surface area contributed by atoms with Crippen molar-refractivity contribution in [2.24, 2.45) is 0 Å². The molecule has 0 aliphatic heterocycles. The van der Waals surface area contributed by atoms with E-state index in [1.54, 1.807) is 0 Å². The van der Waals surface area contributed by atoms with E-state index in [4.69, 9.17) is 0 Å². The molecule has 0 unspecified atom stereocenters. The molecule has 5 aromatic carbocycles. The molecule has 0 saturated carbocycles. The second-order valence-corrected chi connectivity index (χ2v) is 12.1. The van der Waals surface area contributed by atoms with Crippen molar-refractivity contribution >= 4 is 28.4 Å². The zero-order valence-corrected chi connectivity index (χ0v) is 31.3. The van der Waals surface area contributed by atoms with Crippen LogP contribution >= 0.6 is 0 Å². The molecule has 49 heavy (non-hydrogen) atoms. The average Bonchev–Trinajstić information content (AvgIpc) is 3.09. The molecule has 0 radical (unpaired) electrons. The molecule has 0 atom stereocenters. The molecule has 0 heterocycles. The van der Waals surface area contributed by atoms with Gasteiger partial charge in [0.25, 0.3) is 0 Å². The van der Waals surface area contributed by atoms with Crippen LogP contribution in [0.5, 0.6) is 0 Å². The van der Waals surface area contributed by atoms with E-state index >= 15 is 0 Å². The van der Waals surface area contributed by atoms with Crippen molar-refractivity contribution in [3.05, 3.63) is 185 Å². The fourth-order valence-corrected chi connectivity index (χ4v) is 5.73. The first-order valence-electron chi connectivity index (χ1n) is 17.2. The number of para-hydroxylation sites is 2. The Morgan fingerprint density at radius 2 is 0.980 bits per heavy atom. The highest BCUT2D eigenvalue weighted by atomic mass is 15.6.